The van der Waals surface area contributed by atoms with Crippen LogP contribution in [0.25, 0.3) is 0 Å². The van der Waals surface area contributed by atoms with Crippen molar-refractivity contribution in [2.45, 2.75) is 6.92 Å². The molecule has 2 aliphatic heterocycles. The molecule has 1 fully saturated rings. The summed E-state index contributed by atoms with van der Waals surface area (Å²) in [5.74, 6) is 0.0168. The van der Waals surface area contributed by atoms with Gasteiger partial charge in [0.25, 0.3) is 5.91 Å². The third-order valence-electron chi connectivity index (χ3n) is 5.42. The number of nitrogens with zero attached hydrogens (tertiary/aromatic N) is 5. The molecule has 0 radical (unpaired) electrons. The lowest BCUT2D eigenvalue weighted by atomic mass is 10.1. The molecule has 0 atom stereocenters. The Morgan fingerprint density at radius 3 is 2.38 bits per heavy atom. The highest BCUT2D eigenvalue weighted by molar-refractivity contribution is 6.01. The van der Waals surface area contributed by atoms with Crippen molar-refractivity contribution in [3.05, 3.63) is 72.4 Å². The van der Waals surface area contributed by atoms with Gasteiger partial charge >= 0.3 is 6.03 Å². The van der Waals surface area contributed by atoms with Gasteiger partial charge in [-0.15, -0.1) is 5.10 Å². The summed E-state index contributed by atoms with van der Waals surface area (Å²) in [6, 6.07) is 15.8. The molecule has 3 amide bonds. The second-order valence-electron chi connectivity index (χ2n) is 7.42. The second kappa shape index (κ2) is 9.97. The average molecular weight is 434 g/mol. The third-order valence-corrected chi connectivity index (χ3v) is 5.42. The minimum Gasteiger partial charge on any atom is -0.336 e. The van der Waals surface area contributed by atoms with Gasteiger partial charge < -0.3 is 15.1 Å². The molecule has 0 bridgehead atoms. The average Bonchev–Trinajstić information content (AvgIpc) is 2.85. The molecule has 0 aliphatic carbocycles. The second-order valence-corrected chi connectivity index (χ2v) is 7.42. The molecule has 0 saturated carbocycles. The highest BCUT2D eigenvalue weighted by Gasteiger charge is 2.24. The third kappa shape index (κ3) is 4.89. The van der Waals surface area contributed by atoms with Crippen LogP contribution in [0, 0.1) is 0 Å². The van der Waals surface area contributed by atoms with Crippen LogP contribution in [0.1, 0.15) is 17.3 Å². The van der Waals surface area contributed by atoms with Crippen LogP contribution in [-0.2, 0) is 0 Å². The number of likely N-dealkylation sites (N-methyl/N-ethyl adjacent to an activating group) is 1. The van der Waals surface area contributed by atoms with E-state index in [9.17, 15) is 9.59 Å². The monoisotopic (exact) mass is 433 g/mol. The van der Waals surface area contributed by atoms with Crippen LogP contribution >= 0.6 is 0 Å². The number of hydrogen-bond acceptors (Lipinski definition) is 6. The minimum absolute atomic E-state index is 0.0168. The van der Waals surface area contributed by atoms with Gasteiger partial charge in [-0.3, -0.25) is 10.2 Å². The van der Waals surface area contributed by atoms with Crippen molar-refractivity contribution in [3.8, 4) is 0 Å². The first-order valence-electron chi connectivity index (χ1n) is 10.7. The number of hydrogen-bond donors (Lipinski definition) is 2. The Hall–Kier alpha value is -3.85. The van der Waals surface area contributed by atoms with E-state index in [1.165, 1.54) is 10.2 Å². The fourth-order valence-corrected chi connectivity index (χ4v) is 3.60. The van der Waals surface area contributed by atoms with Crippen LogP contribution in [0.2, 0.25) is 0 Å². The SMILES string of the molecule is CCN1CCN(C(=O)c2ccc(NC(=O)N(c3ccccc3)N3N=CC=CN3)cc2)CC1. The topological polar surface area (TPSA) is 83.5 Å². The molecule has 2 aromatic rings. The quantitative estimate of drug-likeness (QED) is 0.758. The van der Waals surface area contributed by atoms with Crippen LogP contribution in [0.4, 0.5) is 16.2 Å². The number of benzene rings is 2. The lowest BCUT2D eigenvalue weighted by molar-refractivity contribution is 0.0643. The Morgan fingerprint density at radius 2 is 1.75 bits per heavy atom. The minimum atomic E-state index is -0.397. The van der Waals surface area contributed by atoms with Crippen molar-refractivity contribution in [2.75, 3.05) is 43.0 Å². The van der Waals surface area contributed by atoms with Gasteiger partial charge in [0.1, 0.15) is 0 Å². The van der Waals surface area contributed by atoms with E-state index < -0.39 is 6.03 Å². The van der Waals surface area contributed by atoms with Crippen LogP contribution in [0.3, 0.4) is 0 Å². The van der Waals surface area contributed by atoms with Crippen LogP contribution in [0.5, 0.6) is 0 Å². The number of hydrazine groups is 2. The van der Waals surface area contributed by atoms with Gasteiger partial charge in [-0.25, -0.2) is 4.79 Å². The molecule has 1 saturated heterocycles. The summed E-state index contributed by atoms with van der Waals surface area (Å²) in [7, 11) is 0. The van der Waals surface area contributed by atoms with E-state index in [1.54, 1.807) is 42.8 Å². The highest BCUT2D eigenvalue weighted by Crippen LogP contribution is 2.19. The van der Waals surface area contributed by atoms with E-state index in [0.717, 1.165) is 32.7 Å². The number of urea groups is 1. The zero-order valence-corrected chi connectivity index (χ0v) is 18.0. The standard InChI is InChI=1S/C23H27N7O2/c1-2-27-15-17-28(18-16-27)22(31)19-9-11-20(12-10-19)26-23(32)29(21-7-4-3-5-8-21)30-24-13-6-14-25-30/h3-14,24H,2,15-18H2,1H3,(H,26,32). The van der Waals surface area contributed by atoms with Gasteiger partial charge in [0, 0.05) is 43.6 Å². The maximum absolute atomic E-state index is 13.1. The Balaban J connectivity index is 1.43. The van der Waals surface area contributed by atoms with Crippen molar-refractivity contribution in [1.29, 1.82) is 0 Å². The van der Waals surface area contributed by atoms with Gasteiger partial charge in [0.05, 0.1) is 11.9 Å². The number of carbonyl (C=O) groups is 2. The molecule has 166 valence electrons. The molecule has 2 aliphatic rings. The molecular weight excluding hydrogens is 406 g/mol. The van der Waals surface area contributed by atoms with E-state index in [-0.39, 0.29) is 5.91 Å². The van der Waals surface area contributed by atoms with Crippen LogP contribution < -0.4 is 15.8 Å². The number of piperazine rings is 1. The Labute approximate surface area is 187 Å². The first-order valence-corrected chi connectivity index (χ1v) is 10.7. The largest absolute Gasteiger partial charge is 0.348 e. The van der Waals surface area contributed by atoms with E-state index in [1.807, 2.05) is 35.2 Å². The summed E-state index contributed by atoms with van der Waals surface area (Å²) < 4.78 is 0. The lowest BCUT2D eigenvalue weighted by Gasteiger charge is -2.34. The Morgan fingerprint density at radius 1 is 1.03 bits per heavy atom. The van der Waals surface area contributed by atoms with E-state index in [0.29, 0.717) is 16.9 Å². The van der Waals surface area contributed by atoms with Crippen molar-refractivity contribution in [3.63, 3.8) is 0 Å². The van der Waals surface area contributed by atoms with Crippen LogP contribution in [-0.4, -0.2) is 65.9 Å². The summed E-state index contributed by atoms with van der Waals surface area (Å²) >= 11 is 0. The van der Waals surface area contributed by atoms with Crippen molar-refractivity contribution < 1.29 is 9.59 Å². The Bertz CT molecular complexity index is 983. The van der Waals surface area contributed by atoms with Crippen LogP contribution in [0.15, 0.2) is 72.0 Å². The predicted molar refractivity (Wildman–Crippen MR) is 125 cm³/mol. The Kier molecular flexibility index (Phi) is 6.66. The normalized spacial score (nSPS) is 15.9. The molecule has 2 aromatic carbocycles. The molecule has 0 aromatic heterocycles. The van der Waals surface area contributed by atoms with Gasteiger partial charge in [0.15, 0.2) is 0 Å². The molecule has 32 heavy (non-hydrogen) atoms. The van der Waals surface area contributed by atoms with E-state index >= 15 is 0 Å². The maximum Gasteiger partial charge on any atom is 0.348 e. The van der Waals surface area contributed by atoms with Gasteiger partial charge in [0.2, 0.25) is 0 Å². The molecule has 0 unspecified atom stereocenters. The number of anilines is 2. The number of carbonyl (C=O) groups excluding carboxylic acids is 2. The maximum atomic E-state index is 13.1. The molecule has 9 heteroatoms. The van der Waals surface area contributed by atoms with E-state index in [4.69, 9.17) is 0 Å². The first kappa shape index (κ1) is 21.4. The predicted octanol–water partition coefficient (Wildman–Crippen LogP) is 2.74. The number of nitrogens with one attached hydrogen (secondary N) is 2. The molecule has 2 N–H and O–H groups in total. The van der Waals surface area contributed by atoms with Crippen molar-refractivity contribution in [2.24, 2.45) is 5.10 Å². The summed E-state index contributed by atoms with van der Waals surface area (Å²) in [6.07, 6.45) is 4.99. The smallest absolute Gasteiger partial charge is 0.336 e. The first-order chi connectivity index (χ1) is 15.7. The summed E-state index contributed by atoms with van der Waals surface area (Å²) in [6.45, 7) is 6.39. The molecule has 9 nitrogen and oxygen atoms in total. The molecule has 2 heterocycles. The number of allylic oxidation sites excluding steroid dienone is 1. The fourth-order valence-electron chi connectivity index (χ4n) is 3.60. The molecular formula is C23H27N7O2. The highest BCUT2D eigenvalue weighted by atomic mass is 16.2. The zero-order valence-electron chi connectivity index (χ0n) is 18.0. The number of rotatable bonds is 5. The van der Waals surface area contributed by atoms with Gasteiger partial charge in [-0.05, 0) is 49.0 Å². The number of hydrazone groups is 1. The fraction of sp³-hybridized carbons (Fsp3) is 0.261. The summed E-state index contributed by atoms with van der Waals surface area (Å²) in [5.41, 5.74) is 4.75. The van der Waals surface area contributed by atoms with Crippen molar-refractivity contribution >= 4 is 29.5 Å². The van der Waals surface area contributed by atoms with E-state index in [2.05, 4.69) is 27.7 Å². The molecule has 4 rings (SSSR count). The molecule has 0 spiro atoms. The lowest BCUT2D eigenvalue weighted by Crippen LogP contribution is -2.51. The summed E-state index contributed by atoms with van der Waals surface area (Å²) in [4.78, 5) is 30.1. The van der Waals surface area contributed by atoms with Gasteiger partial charge in [-0.2, -0.15) is 5.01 Å². The summed E-state index contributed by atoms with van der Waals surface area (Å²) in [5, 5.41) is 9.79. The number of amides is 3. The van der Waals surface area contributed by atoms with Gasteiger partial charge in [-0.1, -0.05) is 30.3 Å². The van der Waals surface area contributed by atoms with Crippen molar-refractivity contribution in [1.82, 2.24) is 20.5 Å². The number of para-hydroxylation sites is 1. The zero-order chi connectivity index (χ0) is 22.3.